The van der Waals surface area contributed by atoms with Crippen LogP contribution >= 0.6 is 0 Å². The van der Waals surface area contributed by atoms with Gasteiger partial charge in [0.1, 0.15) is 5.75 Å². The largest absolute Gasteiger partial charge is 0.478 e. The number of aromatic nitrogens is 1. The Morgan fingerprint density at radius 3 is 2.44 bits per heavy atom. The molecule has 1 heterocycles. The number of carboxylic acids is 1. The molecule has 4 nitrogen and oxygen atoms in total. The van der Waals surface area contributed by atoms with Crippen LogP contribution in [-0.2, 0) is 0 Å². The van der Waals surface area contributed by atoms with E-state index in [1.165, 1.54) is 36.7 Å². The lowest BCUT2D eigenvalue weighted by Gasteiger charge is -2.05. The van der Waals surface area contributed by atoms with Crippen LogP contribution < -0.4 is 4.74 Å². The van der Waals surface area contributed by atoms with Gasteiger partial charge in [-0.1, -0.05) is 12.1 Å². The van der Waals surface area contributed by atoms with Crippen molar-refractivity contribution in [2.75, 3.05) is 0 Å². The van der Waals surface area contributed by atoms with Gasteiger partial charge in [-0.05, 0) is 17.7 Å². The fourth-order valence-corrected chi connectivity index (χ4v) is 1.60. The van der Waals surface area contributed by atoms with Crippen molar-refractivity contribution < 1.29 is 23.4 Å². The predicted molar refractivity (Wildman–Crippen MR) is 59.8 cm³/mol. The van der Waals surface area contributed by atoms with E-state index in [2.05, 4.69) is 9.72 Å². The number of alkyl halides is 2. The Morgan fingerprint density at radius 2 is 1.89 bits per heavy atom. The summed E-state index contributed by atoms with van der Waals surface area (Å²) in [5.41, 5.74) is 1.22. The Bertz CT molecular complexity index is 549. The first-order chi connectivity index (χ1) is 8.58. The SMILES string of the molecule is O=C(O)c1c[nH]cc1-c1ccc(OC(F)F)cc1. The number of hydrogen-bond donors (Lipinski definition) is 2. The molecule has 6 heteroatoms. The van der Waals surface area contributed by atoms with Crippen LogP contribution in [-0.4, -0.2) is 22.7 Å². The van der Waals surface area contributed by atoms with Crippen molar-refractivity contribution >= 4 is 5.97 Å². The molecule has 1 aromatic heterocycles. The number of benzene rings is 1. The third-order valence-corrected chi connectivity index (χ3v) is 2.37. The summed E-state index contributed by atoms with van der Waals surface area (Å²) in [6.45, 7) is -2.88. The monoisotopic (exact) mass is 253 g/mol. The zero-order chi connectivity index (χ0) is 13.1. The quantitative estimate of drug-likeness (QED) is 0.880. The first kappa shape index (κ1) is 12.1. The molecule has 0 saturated heterocycles. The van der Waals surface area contributed by atoms with Crippen LogP contribution in [0.3, 0.4) is 0 Å². The molecule has 18 heavy (non-hydrogen) atoms. The van der Waals surface area contributed by atoms with E-state index in [-0.39, 0.29) is 11.3 Å². The molecule has 0 unspecified atom stereocenters. The van der Waals surface area contributed by atoms with Gasteiger partial charge in [0.2, 0.25) is 0 Å². The van der Waals surface area contributed by atoms with Gasteiger partial charge in [0.05, 0.1) is 5.56 Å². The summed E-state index contributed by atoms with van der Waals surface area (Å²) in [4.78, 5) is 13.6. The maximum absolute atomic E-state index is 12.0. The zero-order valence-electron chi connectivity index (χ0n) is 9.06. The molecule has 2 N–H and O–H groups in total. The number of ether oxygens (including phenoxy) is 1. The van der Waals surface area contributed by atoms with E-state index in [4.69, 9.17) is 5.11 Å². The molecular formula is C12H9F2NO3. The molecule has 0 spiro atoms. The number of rotatable bonds is 4. The molecule has 2 aromatic rings. The molecule has 0 radical (unpaired) electrons. The van der Waals surface area contributed by atoms with E-state index in [1.54, 1.807) is 0 Å². The number of H-pyrrole nitrogens is 1. The molecule has 1 aromatic carbocycles. The van der Waals surface area contributed by atoms with E-state index >= 15 is 0 Å². The van der Waals surface area contributed by atoms with Gasteiger partial charge in [-0.15, -0.1) is 0 Å². The van der Waals surface area contributed by atoms with Crippen molar-refractivity contribution in [3.8, 4) is 16.9 Å². The molecule has 0 aliphatic rings. The average molecular weight is 253 g/mol. The minimum absolute atomic E-state index is 0.0289. The molecule has 2 rings (SSSR count). The standard InChI is InChI=1S/C12H9F2NO3/c13-12(14)18-8-3-1-7(2-4-8)9-5-15-6-10(9)11(16)17/h1-6,12,15H,(H,16,17). The number of halogens is 2. The Balaban J connectivity index is 2.29. The van der Waals surface area contributed by atoms with Crippen LogP contribution in [0.15, 0.2) is 36.7 Å². The summed E-state index contributed by atoms with van der Waals surface area (Å²) in [5, 5.41) is 8.95. The first-order valence-corrected chi connectivity index (χ1v) is 5.03. The second-order valence-corrected chi connectivity index (χ2v) is 3.49. The lowest BCUT2D eigenvalue weighted by atomic mass is 10.0. The summed E-state index contributed by atoms with van der Waals surface area (Å²) in [6, 6.07) is 5.76. The van der Waals surface area contributed by atoms with E-state index < -0.39 is 12.6 Å². The van der Waals surface area contributed by atoms with E-state index in [0.717, 1.165) is 0 Å². The first-order valence-electron chi connectivity index (χ1n) is 5.03. The lowest BCUT2D eigenvalue weighted by molar-refractivity contribution is -0.0498. The van der Waals surface area contributed by atoms with Gasteiger partial charge in [0.25, 0.3) is 0 Å². The highest BCUT2D eigenvalue weighted by atomic mass is 19.3. The summed E-state index contributed by atoms with van der Waals surface area (Å²) in [6.07, 6.45) is 2.90. The lowest BCUT2D eigenvalue weighted by Crippen LogP contribution is -2.01. The van der Waals surface area contributed by atoms with Gasteiger partial charge < -0.3 is 14.8 Å². The van der Waals surface area contributed by atoms with Gasteiger partial charge in [0, 0.05) is 18.0 Å². The molecule has 0 fully saturated rings. The fourth-order valence-electron chi connectivity index (χ4n) is 1.60. The third-order valence-electron chi connectivity index (χ3n) is 2.37. The van der Waals surface area contributed by atoms with E-state index in [1.807, 2.05) is 0 Å². The highest BCUT2D eigenvalue weighted by Crippen LogP contribution is 2.26. The van der Waals surface area contributed by atoms with Gasteiger partial charge in [-0.2, -0.15) is 8.78 Å². The molecule has 0 amide bonds. The third kappa shape index (κ3) is 2.48. The Hall–Kier alpha value is -2.37. The molecule has 0 bridgehead atoms. The summed E-state index contributed by atoms with van der Waals surface area (Å²) in [7, 11) is 0. The summed E-state index contributed by atoms with van der Waals surface area (Å²) >= 11 is 0. The molecule has 0 aliphatic heterocycles. The van der Waals surface area contributed by atoms with Crippen molar-refractivity contribution in [2.24, 2.45) is 0 Å². The number of hydrogen-bond acceptors (Lipinski definition) is 2. The van der Waals surface area contributed by atoms with E-state index in [0.29, 0.717) is 11.1 Å². The minimum atomic E-state index is -2.88. The van der Waals surface area contributed by atoms with Crippen molar-refractivity contribution in [3.63, 3.8) is 0 Å². The molecule has 0 atom stereocenters. The predicted octanol–water partition coefficient (Wildman–Crippen LogP) is 2.98. The summed E-state index contributed by atoms with van der Waals surface area (Å²) < 4.78 is 28.1. The van der Waals surface area contributed by atoms with Gasteiger partial charge in [-0.25, -0.2) is 4.79 Å². The highest BCUT2D eigenvalue weighted by molar-refractivity contribution is 5.95. The number of aromatic amines is 1. The minimum Gasteiger partial charge on any atom is -0.478 e. The van der Waals surface area contributed by atoms with Crippen LogP contribution in [0.4, 0.5) is 8.78 Å². The fraction of sp³-hybridized carbons (Fsp3) is 0.0833. The number of aromatic carboxylic acids is 1. The maximum atomic E-state index is 12.0. The zero-order valence-corrected chi connectivity index (χ0v) is 9.06. The van der Waals surface area contributed by atoms with Crippen molar-refractivity contribution in [2.45, 2.75) is 6.61 Å². The molecular weight excluding hydrogens is 244 g/mol. The Labute approximate surface area is 101 Å². The van der Waals surface area contributed by atoms with Crippen LogP contribution in [0.2, 0.25) is 0 Å². The maximum Gasteiger partial charge on any atom is 0.387 e. The average Bonchev–Trinajstić information content (AvgIpc) is 2.78. The van der Waals surface area contributed by atoms with Crippen LogP contribution in [0.1, 0.15) is 10.4 Å². The smallest absolute Gasteiger partial charge is 0.387 e. The van der Waals surface area contributed by atoms with Gasteiger partial charge in [0.15, 0.2) is 0 Å². The van der Waals surface area contributed by atoms with Gasteiger partial charge in [-0.3, -0.25) is 0 Å². The van der Waals surface area contributed by atoms with E-state index in [9.17, 15) is 13.6 Å². The Morgan fingerprint density at radius 1 is 1.22 bits per heavy atom. The topological polar surface area (TPSA) is 62.3 Å². The molecule has 94 valence electrons. The number of nitrogens with one attached hydrogen (secondary N) is 1. The number of carbonyl (C=O) groups is 1. The van der Waals surface area contributed by atoms with Gasteiger partial charge >= 0.3 is 12.6 Å². The second kappa shape index (κ2) is 4.87. The highest BCUT2D eigenvalue weighted by Gasteiger charge is 2.12. The number of carboxylic acid groups (broad SMARTS) is 1. The summed E-state index contributed by atoms with van der Waals surface area (Å²) in [5.74, 6) is -1.03. The molecule has 0 aliphatic carbocycles. The Kier molecular flexibility index (Phi) is 3.27. The van der Waals surface area contributed by atoms with Crippen molar-refractivity contribution in [1.82, 2.24) is 4.98 Å². The van der Waals surface area contributed by atoms with Crippen molar-refractivity contribution in [1.29, 1.82) is 0 Å². The second-order valence-electron chi connectivity index (χ2n) is 3.49. The van der Waals surface area contributed by atoms with Crippen molar-refractivity contribution in [3.05, 3.63) is 42.2 Å². The van der Waals surface area contributed by atoms with Crippen LogP contribution in [0.25, 0.3) is 11.1 Å². The van der Waals surface area contributed by atoms with Crippen LogP contribution in [0.5, 0.6) is 5.75 Å². The normalized spacial score (nSPS) is 10.6. The van der Waals surface area contributed by atoms with Crippen LogP contribution in [0, 0.1) is 0 Å². The molecule has 0 saturated carbocycles.